The van der Waals surface area contributed by atoms with Crippen molar-refractivity contribution in [2.75, 3.05) is 6.54 Å². The van der Waals surface area contributed by atoms with Gasteiger partial charge in [0.05, 0.1) is 0 Å². The summed E-state index contributed by atoms with van der Waals surface area (Å²) in [7, 11) is 0. The minimum absolute atomic E-state index is 0.246. The van der Waals surface area contributed by atoms with E-state index in [9.17, 15) is 9.59 Å². The monoisotopic (exact) mass is 327 g/mol. The third-order valence-electron chi connectivity index (χ3n) is 4.29. The van der Waals surface area contributed by atoms with Crippen molar-refractivity contribution in [3.63, 3.8) is 0 Å². The van der Waals surface area contributed by atoms with Gasteiger partial charge in [0.15, 0.2) is 0 Å². The lowest BCUT2D eigenvalue weighted by molar-refractivity contribution is -0.144. The summed E-state index contributed by atoms with van der Waals surface area (Å²) in [5.41, 5.74) is 3.37. The number of halogens is 1. The highest BCUT2D eigenvalue weighted by atomic mass is 35.5. The van der Waals surface area contributed by atoms with Crippen molar-refractivity contribution in [3.05, 3.63) is 70.2 Å². The first-order valence-corrected chi connectivity index (χ1v) is 8.05. The molecule has 2 aromatic rings. The van der Waals surface area contributed by atoms with Crippen LogP contribution in [0, 0.1) is 0 Å². The van der Waals surface area contributed by atoms with E-state index in [4.69, 9.17) is 11.6 Å². The molecule has 3 rings (SSSR count). The lowest BCUT2D eigenvalue weighted by Gasteiger charge is -2.35. The Bertz CT molecular complexity index is 742. The summed E-state index contributed by atoms with van der Waals surface area (Å²) in [4.78, 5) is 25.4. The lowest BCUT2D eigenvalue weighted by Crippen LogP contribution is -2.40. The van der Waals surface area contributed by atoms with E-state index in [-0.39, 0.29) is 5.92 Å². The molecular formula is C19H18ClNO2. The Labute approximate surface area is 140 Å². The highest BCUT2D eigenvalue weighted by Crippen LogP contribution is 2.39. The van der Waals surface area contributed by atoms with Crippen LogP contribution in [0.1, 0.15) is 29.5 Å². The molecule has 0 saturated carbocycles. The Kier molecular flexibility index (Phi) is 4.49. The zero-order valence-corrected chi connectivity index (χ0v) is 13.7. The summed E-state index contributed by atoms with van der Waals surface area (Å²) >= 11 is 6.18. The Balaban J connectivity index is 1.77. The first-order chi connectivity index (χ1) is 11.1. The van der Waals surface area contributed by atoms with Gasteiger partial charge in [-0.25, -0.2) is 0 Å². The molecule has 0 spiro atoms. The molecule has 0 aromatic heterocycles. The van der Waals surface area contributed by atoms with Gasteiger partial charge >= 0.3 is 0 Å². The SMILES string of the molecule is CC(=O)C(=O)N(Cc1ccccc1)CC1Cc2c(Cl)cccc21. The van der Waals surface area contributed by atoms with Gasteiger partial charge in [-0.15, -0.1) is 0 Å². The maximum Gasteiger partial charge on any atom is 0.289 e. The molecule has 1 amide bonds. The molecule has 0 N–H and O–H groups in total. The summed E-state index contributed by atoms with van der Waals surface area (Å²) in [6, 6.07) is 15.6. The van der Waals surface area contributed by atoms with Crippen LogP contribution in [0.4, 0.5) is 0 Å². The smallest absolute Gasteiger partial charge is 0.289 e. The fraction of sp³-hybridized carbons (Fsp3) is 0.263. The second kappa shape index (κ2) is 6.55. The van der Waals surface area contributed by atoms with Crippen LogP contribution in [-0.4, -0.2) is 23.1 Å². The number of nitrogens with zero attached hydrogens (tertiary/aromatic N) is 1. The Hall–Kier alpha value is -2.13. The standard InChI is InChI=1S/C19H18ClNO2/c1-13(22)19(23)21(11-14-6-3-2-4-7-14)12-15-10-17-16(15)8-5-9-18(17)20/h2-9,15H,10-12H2,1H3. The number of fused-ring (bicyclic) bond motifs is 1. The van der Waals surface area contributed by atoms with Gasteiger partial charge in [-0.2, -0.15) is 0 Å². The van der Waals surface area contributed by atoms with E-state index in [0.717, 1.165) is 22.6 Å². The number of carbonyl (C=O) groups excluding carboxylic acids is 2. The number of ketones is 1. The molecule has 4 heteroatoms. The van der Waals surface area contributed by atoms with E-state index in [1.165, 1.54) is 12.5 Å². The molecule has 0 fully saturated rings. The van der Waals surface area contributed by atoms with Crippen molar-refractivity contribution >= 4 is 23.3 Å². The summed E-state index contributed by atoms with van der Waals surface area (Å²) < 4.78 is 0. The number of carbonyl (C=O) groups is 2. The Morgan fingerprint density at radius 1 is 1.13 bits per heavy atom. The van der Waals surface area contributed by atoms with Crippen molar-refractivity contribution < 1.29 is 9.59 Å². The van der Waals surface area contributed by atoms with Crippen molar-refractivity contribution in [1.29, 1.82) is 0 Å². The lowest BCUT2D eigenvalue weighted by atomic mass is 9.77. The van der Waals surface area contributed by atoms with Gasteiger partial charge in [0.1, 0.15) is 0 Å². The number of hydrogen-bond donors (Lipinski definition) is 0. The normalized spacial score (nSPS) is 15.5. The molecule has 1 aliphatic carbocycles. The molecule has 0 aliphatic heterocycles. The predicted molar refractivity (Wildman–Crippen MR) is 90.4 cm³/mol. The van der Waals surface area contributed by atoms with Gasteiger partial charge in [0.25, 0.3) is 5.91 Å². The van der Waals surface area contributed by atoms with E-state index in [2.05, 4.69) is 0 Å². The van der Waals surface area contributed by atoms with Crippen molar-refractivity contribution in [1.82, 2.24) is 4.90 Å². The van der Waals surface area contributed by atoms with Crippen molar-refractivity contribution in [3.8, 4) is 0 Å². The topological polar surface area (TPSA) is 37.4 Å². The zero-order valence-electron chi connectivity index (χ0n) is 13.0. The highest BCUT2D eigenvalue weighted by molar-refractivity contribution is 6.35. The fourth-order valence-corrected chi connectivity index (χ4v) is 3.33. The maximum atomic E-state index is 12.3. The van der Waals surface area contributed by atoms with Crippen LogP contribution in [0.5, 0.6) is 0 Å². The van der Waals surface area contributed by atoms with Crippen LogP contribution < -0.4 is 0 Å². The predicted octanol–water partition coefficient (Wildman–Crippen LogP) is 3.60. The largest absolute Gasteiger partial charge is 0.331 e. The summed E-state index contributed by atoms with van der Waals surface area (Å²) in [6.45, 7) is 2.32. The average Bonchev–Trinajstić information content (AvgIpc) is 2.53. The molecule has 3 nitrogen and oxygen atoms in total. The molecule has 0 saturated heterocycles. The molecule has 1 aliphatic rings. The summed E-state index contributed by atoms with van der Waals surface area (Å²) in [5, 5.41) is 0.784. The van der Waals surface area contributed by atoms with Crippen LogP contribution in [0.2, 0.25) is 5.02 Å². The van der Waals surface area contributed by atoms with Crippen LogP contribution in [0.15, 0.2) is 48.5 Å². The van der Waals surface area contributed by atoms with Crippen molar-refractivity contribution in [2.24, 2.45) is 0 Å². The maximum absolute atomic E-state index is 12.3. The number of rotatable bonds is 5. The molecule has 1 unspecified atom stereocenters. The van der Waals surface area contributed by atoms with E-state index in [1.807, 2.05) is 48.5 Å². The van der Waals surface area contributed by atoms with Gasteiger partial charge in [-0.3, -0.25) is 9.59 Å². The summed E-state index contributed by atoms with van der Waals surface area (Å²) in [6.07, 6.45) is 0.853. The number of amides is 1. The molecule has 1 atom stereocenters. The third kappa shape index (κ3) is 3.30. The zero-order chi connectivity index (χ0) is 16.4. The number of Topliss-reactive ketones (excluding diaryl/α,β-unsaturated/α-hetero) is 1. The van der Waals surface area contributed by atoms with Crippen LogP contribution in [0.3, 0.4) is 0 Å². The van der Waals surface area contributed by atoms with Crippen LogP contribution >= 0.6 is 11.6 Å². The Morgan fingerprint density at radius 2 is 1.87 bits per heavy atom. The van der Waals surface area contributed by atoms with Gasteiger partial charge in [-0.1, -0.05) is 54.1 Å². The number of hydrogen-bond acceptors (Lipinski definition) is 2. The van der Waals surface area contributed by atoms with Crippen LogP contribution in [-0.2, 0) is 22.6 Å². The molecule has 0 radical (unpaired) electrons. The minimum atomic E-state index is -0.427. The molecule has 2 aromatic carbocycles. The molecular weight excluding hydrogens is 310 g/mol. The third-order valence-corrected chi connectivity index (χ3v) is 4.64. The molecule has 23 heavy (non-hydrogen) atoms. The highest BCUT2D eigenvalue weighted by Gasteiger charge is 2.31. The second-order valence-corrected chi connectivity index (χ2v) is 6.34. The average molecular weight is 328 g/mol. The van der Waals surface area contributed by atoms with E-state index >= 15 is 0 Å². The minimum Gasteiger partial charge on any atom is -0.331 e. The van der Waals surface area contributed by atoms with Gasteiger partial charge in [0, 0.05) is 31.0 Å². The van der Waals surface area contributed by atoms with E-state index < -0.39 is 11.7 Å². The molecule has 0 bridgehead atoms. The van der Waals surface area contributed by atoms with Crippen LogP contribution in [0.25, 0.3) is 0 Å². The summed E-state index contributed by atoms with van der Waals surface area (Å²) in [5.74, 6) is -0.605. The molecule has 118 valence electrons. The second-order valence-electron chi connectivity index (χ2n) is 5.94. The van der Waals surface area contributed by atoms with Gasteiger partial charge in [-0.05, 0) is 29.2 Å². The fourth-order valence-electron chi connectivity index (χ4n) is 3.07. The van der Waals surface area contributed by atoms with Gasteiger partial charge < -0.3 is 4.90 Å². The quantitative estimate of drug-likeness (QED) is 0.787. The van der Waals surface area contributed by atoms with E-state index in [0.29, 0.717) is 13.1 Å². The van der Waals surface area contributed by atoms with Crippen molar-refractivity contribution in [2.45, 2.75) is 25.8 Å². The molecule has 0 heterocycles. The van der Waals surface area contributed by atoms with Gasteiger partial charge in [0.2, 0.25) is 5.78 Å². The first-order valence-electron chi connectivity index (χ1n) is 7.67. The van der Waals surface area contributed by atoms with E-state index in [1.54, 1.807) is 4.90 Å². The number of benzene rings is 2. The first kappa shape index (κ1) is 15.8. The Morgan fingerprint density at radius 3 is 2.57 bits per heavy atom.